The molecule has 2 nitrogen and oxygen atoms in total. The maximum atomic E-state index is 9.79. The molecule has 0 radical (unpaired) electrons. The van der Waals surface area contributed by atoms with Crippen LogP contribution in [0.3, 0.4) is 0 Å². The maximum Gasteiger partial charge on any atom is 0.0693 e. The van der Waals surface area contributed by atoms with Crippen LogP contribution < -0.4 is 5.32 Å². The maximum absolute atomic E-state index is 9.79. The molecule has 2 fully saturated rings. The summed E-state index contributed by atoms with van der Waals surface area (Å²) in [6.45, 7) is 2.25. The number of aliphatic hydroxyl groups is 1. The molecule has 2 rings (SSSR count). The van der Waals surface area contributed by atoms with E-state index in [2.05, 4.69) is 12.2 Å². The lowest BCUT2D eigenvalue weighted by Gasteiger charge is -2.32. The Morgan fingerprint density at radius 2 is 2.00 bits per heavy atom. The molecule has 2 atom stereocenters. The Bertz CT molecular complexity index is 177. The molecular weight excluding hydrogens is 162 g/mol. The van der Waals surface area contributed by atoms with Crippen molar-refractivity contribution in [1.82, 2.24) is 5.32 Å². The van der Waals surface area contributed by atoms with Crippen LogP contribution in [-0.4, -0.2) is 22.8 Å². The van der Waals surface area contributed by atoms with Gasteiger partial charge in [0.05, 0.1) is 6.10 Å². The van der Waals surface area contributed by atoms with E-state index < -0.39 is 0 Å². The minimum Gasteiger partial charge on any atom is -0.392 e. The van der Waals surface area contributed by atoms with Gasteiger partial charge >= 0.3 is 0 Å². The molecule has 0 aromatic rings. The van der Waals surface area contributed by atoms with Crippen molar-refractivity contribution in [2.75, 3.05) is 0 Å². The third kappa shape index (κ3) is 2.05. The van der Waals surface area contributed by atoms with Crippen molar-refractivity contribution in [3.63, 3.8) is 0 Å². The zero-order valence-electron chi connectivity index (χ0n) is 8.55. The van der Waals surface area contributed by atoms with Crippen LogP contribution in [0.5, 0.6) is 0 Å². The second-order valence-electron chi connectivity index (χ2n) is 4.74. The molecule has 0 heterocycles. The first-order chi connectivity index (χ1) is 6.26. The summed E-state index contributed by atoms with van der Waals surface area (Å²) in [4.78, 5) is 0. The Hall–Kier alpha value is -0.0800. The molecule has 0 bridgehead atoms. The highest BCUT2D eigenvalue weighted by atomic mass is 16.3. The summed E-state index contributed by atoms with van der Waals surface area (Å²) < 4.78 is 0. The summed E-state index contributed by atoms with van der Waals surface area (Å²) >= 11 is 0. The van der Waals surface area contributed by atoms with Crippen LogP contribution in [0.1, 0.15) is 51.9 Å². The Labute approximate surface area is 80.7 Å². The SMILES string of the molecule is CCC1(N[C@@H]2CCCC[C@H]2O)CC1. The normalized spacial score (nSPS) is 37.4. The van der Waals surface area contributed by atoms with Crippen LogP contribution in [0.25, 0.3) is 0 Å². The monoisotopic (exact) mass is 183 g/mol. The molecule has 2 heteroatoms. The first kappa shape index (κ1) is 9.47. The molecule has 0 unspecified atom stereocenters. The molecule has 0 aromatic heterocycles. The summed E-state index contributed by atoms with van der Waals surface area (Å²) in [5, 5.41) is 13.4. The van der Waals surface area contributed by atoms with E-state index in [-0.39, 0.29) is 6.10 Å². The van der Waals surface area contributed by atoms with Crippen molar-refractivity contribution >= 4 is 0 Å². The van der Waals surface area contributed by atoms with E-state index in [4.69, 9.17) is 0 Å². The van der Waals surface area contributed by atoms with Gasteiger partial charge < -0.3 is 10.4 Å². The zero-order valence-corrected chi connectivity index (χ0v) is 8.55. The van der Waals surface area contributed by atoms with Crippen LogP contribution >= 0.6 is 0 Å². The van der Waals surface area contributed by atoms with Gasteiger partial charge in [0.1, 0.15) is 0 Å². The van der Waals surface area contributed by atoms with Gasteiger partial charge in [-0.2, -0.15) is 0 Å². The minimum atomic E-state index is -0.0854. The lowest BCUT2D eigenvalue weighted by atomic mass is 9.91. The lowest BCUT2D eigenvalue weighted by Crippen LogP contribution is -2.48. The first-order valence-corrected chi connectivity index (χ1v) is 5.71. The molecule has 2 saturated carbocycles. The Balaban J connectivity index is 1.85. The summed E-state index contributed by atoms with van der Waals surface area (Å²) in [6.07, 6.45) is 8.42. The van der Waals surface area contributed by atoms with E-state index in [0.717, 1.165) is 6.42 Å². The Morgan fingerprint density at radius 1 is 1.31 bits per heavy atom. The molecule has 0 spiro atoms. The average molecular weight is 183 g/mol. The predicted molar refractivity (Wildman–Crippen MR) is 53.7 cm³/mol. The lowest BCUT2D eigenvalue weighted by molar-refractivity contribution is 0.0823. The summed E-state index contributed by atoms with van der Waals surface area (Å²) in [6, 6.07) is 0.385. The van der Waals surface area contributed by atoms with Gasteiger partial charge in [0.15, 0.2) is 0 Å². The van der Waals surface area contributed by atoms with Gasteiger partial charge in [0.2, 0.25) is 0 Å². The molecule has 2 aliphatic rings. The summed E-state index contributed by atoms with van der Waals surface area (Å²) in [5.74, 6) is 0. The van der Waals surface area contributed by atoms with E-state index in [1.807, 2.05) is 0 Å². The average Bonchev–Trinajstić information content (AvgIpc) is 2.90. The minimum absolute atomic E-state index is 0.0854. The van der Waals surface area contributed by atoms with Crippen LogP contribution in [0.15, 0.2) is 0 Å². The van der Waals surface area contributed by atoms with Crippen LogP contribution in [0, 0.1) is 0 Å². The first-order valence-electron chi connectivity index (χ1n) is 5.71. The van der Waals surface area contributed by atoms with Crippen molar-refractivity contribution < 1.29 is 5.11 Å². The molecule has 0 amide bonds. The summed E-state index contributed by atoms with van der Waals surface area (Å²) in [7, 11) is 0. The third-order valence-corrected chi connectivity index (χ3v) is 3.75. The van der Waals surface area contributed by atoms with Crippen LogP contribution in [-0.2, 0) is 0 Å². The van der Waals surface area contributed by atoms with E-state index in [9.17, 15) is 5.11 Å². The van der Waals surface area contributed by atoms with Crippen molar-refractivity contribution in [3.8, 4) is 0 Å². The zero-order chi connectivity index (χ0) is 9.31. The number of nitrogens with one attached hydrogen (secondary N) is 1. The van der Waals surface area contributed by atoms with Crippen LogP contribution in [0.2, 0.25) is 0 Å². The molecule has 0 saturated heterocycles. The Morgan fingerprint density at radius 3 is 2.54 bits per heavy atom. The number of hydrogen-bond donors (Lipinski definition) is 2. The third-order valence-electron chi connectivity index (χ3n) is 3.75. The van der Waals surface area contributed by atoms with Gasteiger partial charge in [-0.15, -0.1) is 0 Å². The van der Waals surface area contributed by atoms with Crippen molar-refractivity contribution in [3.05, 3.63) is 0 Å². The smallest absolute Gasteiger partial charge is 0.0693 e. The van der Waals surface area contributed by atoms with Crippen LogP contribution in [0.4, 0.5) is 0 Å². The van der Waals surface area contributed by atoms with Gasteiger partial charge in [-0.25, -0.2) is 0 Å². The quantitative estimate of drug-likeness (QED) is 0.699. The number of aliphatic hydroxyl groups excluding tert-OH is 1. The fourth-order valence-electron chi connectivity index (χ4n) is 2.42. The van der Waals surface area contributed by atoms with E-state index in [1.165, 1.54) is 38.5 Å². The standard InChI is InChI=1S/C11H21NO/c1-2-11(7-8-11)12-9-5-3-4-6-10(9)13/h9-10,12-13H,2-8H2,1H3/t9-,10-/m1/s1. The molecule has 2 aliphatic carbocycles. The van der Waals surface area contributed by atoms with E-state index >= 15 is 0 Å². The highest BCUT2D eigenvalue weighted by Gasteiger charge is 2.43. The largest absolute Gasteiger partial charge is 0.392 e. The van der Waals surface area contributed by atoms with Gasteiger partial charge in [0, 0.05) is 11.6 Å². The predicted octanol–water partition coefficient (Wildman–Crippen LogP) is 1.82. The topological polar surface area (TPSA) is 32.3 Å². The molecule has 13 heavy (non-hydrogen) atoms. The van der Waals surface area contributed by atoms with Crippen molar-refractivity contribution in [2.24, 2.45) is 0 Å². The Kier molecular flexibility index (Phi) is 2.61. The molecule has 0 aromatic carbocycles. The number of rotatable bonds is 3. The molecule has 76 valence electrons. The molecular formula is C11H21NO. The highest BCUT2D eigenvalue weighted by Crippen LogP contribution is 2.40. The second kappa shape index (κ2) is 3.58. The van der Waals surface area contributed by atoms with E-state index in [1.54, 1.807) is 0 Å². The number of hydrogen-bond acceptors (Lipinski definition) is 2. The fraction of sp³-hybridized carbons (Fsp3) is 1.00. The van der Waals surface area contributed by atoms with Gasteiger partial charge in [-0.3, -0.25) is 0 Å². The van der Waals surface area contributed by atoms with Crippen molar-refractivity contribution in [1.29, 1.82) is 0 Å². The van der Waals surface area contributed by atoms with Gasteiger partial charge in [0.25, 0.3) is 0 Å². The van der Waals surface area contributed by atoms with Crippen molar-refractivity contribution in [2.45, 2.75) is 69.6 Å². The van der Waals surface area contributed by atoms with E-state index in [0.29, 0.717) is 11.6 Å². The molecule has 2 N–H and O–H groups in total. The second-order valence-corrected chi connectivity index (χ2v) is 4.74. The highest BCUT2D eigenvalue weighted by molar-refractivity contribution is 5.03. The summed E-state index contributed by atoms with van der Waals surface area (Å²) in [5.41, 5.74) is 0.420. The molecule has 0 aliphatic heterocycles. The van der Waals surface area contributed by atoms with Gasteiger partial charge in [-0.05, 0) is 32.1 Å². The van der Waals surface area contributed by atoms with Gasteiger partial charge in [-0.1, -0.05) is 19.8 Å². The fourth-order valence-corrected chi connectivity index (χ4v) is 2.42.